The van der Waals surface area contributed by atoms with E-state index in [0.717, 1.165) is 28.3 Å². The zero-order valence-electron chi connectivity index (χ0n) is 16.7. The number of thiophene rings is 1. The van der Waals surface area contributed by atoms with E-state index in [2.05, 4.69) is 12.1 Å². The van der Waals surface area contributed by atoms with Crippen molar-refractivity contribution >= 4 is 23.0 Å². The molecule has 2 aliphatic rings. The molecular weight excluding hydrogens is 416 g/mol. The highest BCUT2D eigenvalue weighted by Gasteiger charge is 2.42. The lowest BCUT2D eigenvalue weighted by Gasteiger charge is -2.38. The fourth-order valence-corrected chi connectivity index (χ4v) is 4.73. The van der Waals surface area contributed by atoms with Crippen LogP contribution in [0.4, 0.5) is 0 Å². The Hall–Kier alpha value is -3.52. The molecule has 7 nitrogen and oxygen atoms in total. The first-order valence-electron chi connectivity index (χ1n) is 9.82. The normalized spacial score (nSPS) is 19.1. The van der Waals surface area contributed by atoms with Crippen LogP contribution < -0.4 is 14.2 Å². The van der Waals surface area contributed by atoms with Crippen LogP contribution in [0.2, 0.25) is 0 Å². The van der Waals surface area contributed by atoms with Crippen LogP contribution in [0.5, 0.6) is 17.2 Å². The van der Waals surface area contributed by atoms with Gasteiger partial charge in [-0.05, 0) is 29.6 Å². The lowest BCUT2D eigenvalue weighted by Crippen LogP contribution is -2.34. The predicted molar refractivity (Wildman–Crippen MR) is 116 cm³/mol. The molecule has 0 unspecified atom stereocenters. The molecule has 5 rings (SSSR count). The van der Waals surface area contributed by atoms with E-state index in [-0.39, 0.29) is 6.04 Å². The molecule has 2 aromatic carbocycles. The standard InChI is InChI=1S/C23H20N2O5S/c1-28-19-9-4-7-15(22(19)29-13-21(26)27)23-25-17(14-6-2-3-8-18(14)30-23)12-16(24-25)20-10-5-11-31-20/h2-11,17,23H,12-13H2,1H3,(H,26,27)/t17-,23-/m1/s1. The Kier molecular flexibility index (Phi) is 4.99. The number of hydrogen-bond donors (Lipinski definition) is 1. The third-order valence-corrected chi connectivity index (χ3v) is 6.26. The van der Waals surface area contributed by atoms with Crippen molar-refractivity contribution in [3.8, 4) is 17.2 Å². The maximum atomic E-state index is 11.2. The topological polar surface area (TPSA) is 80.6 Å². The lowest BCUT2D eigenvalue weighted by molar-refractivity contribution is -0.139. The third-order valence-electron chi connectivity index (χ3n) is 5.34. The maximum absolute atomic E-state index is 11.2. The second-order valence-electron chi connectivity index (χ2n) is 7.19. The Balaban J connectivity index is 1.61. The van der Waals surface area contributed by atoms with Crippen molar-refractivity contribution in [2.24, 2.45) is 5.10 Å². The van der Waals surface area contributed by atoms with Crippen LogP contribution in [0.3, 0.4) is 0 Å². The molecule has 31 heavy (non-hydrogen) atoms. The van der Waals surface area contributed by atoms with Gasteiger partial charge in [0.25, 0.3) is 0 Å². The number of carboxylic acids is 1. The van der Waals surface area contributed by atoms with E-state index in [1.54, 1.807) is 17.4 Å². The molecule has 3 heterocycles. The van der Waals surface area contributed by atoms with E-state index in [9.17, 15) is 4.79 Å². The molecule has 0 aliphatic carbocycles. The summed E-state index contributed by atoms with van der Waals surface area (Å²) in [5, 5.41) is 18.0. The molecule has 158 valence electrons. The number of carboxylic acid groups (broad SMARTS) is 1. The number of rotatable bonds is 6. The van der Waals surface area contributed by atoms with Crippen molar-refractivity contribution in [1.82, 2.24) is 5.01 Å². The number of para-hydroxylation sites is 2. The first kappa shape index (κ1) is 19.4. The number of hydrogen-bond acceptors (Lipinski definition) is 7. The Morgan fingerprint density at radius 2 is 2.03 bits per heavy atom. The summed E-state index contributed by atoms with van der Waals surface area (Å²) in [6, 6.07) is 17.5. The van der Waals surface area contributed by atoms with Crippen LogP contribution in [0, 0.1) is 0 Å². The van der Waals surface area contributed by atoms with E-state index in [4.69, 9.17) is 24.4 Å². The first-order valence-corrected chi connectivity index (χ1v) is 10.7. The molecule has 0 saturated carbocycles. The van der Waals surface area contributed by atoms with Crippen molar-refractivity contribution in [1.29, 1.82) is 0 Å². The van der Waals surface area contributed by atoms with Gasteiger partial charge in [0.15, 0.2) is 18.1 Å². The van der Waals surface area contributed by atoms with Crippen molar-refractivity contribution in [2.75, 3.05) is 13.7 Å². The highest BCUT2D eigenvalue weighted by atomic mass is 32.1. The van der Waals surface area contributed by atoms with E-state index in [1.807, 2.05) is 46.8 Å². The van der Waals surface area contributed by atoms with Gasteiger partial charge in [-0.1, -0.05) is 30.3 Å². The zero-order chi connectivity index (χ0) is 21.4. The van der Waals surface area contributed by atoms with Crippen molar-refractivity contribution in [3.63, 3.8) is 0 Å². The molecule has 2 atom stereocenters. The minimum absolute atomic E-state index is 0.00516. The van der Waals surface area contributed by atoms with Gasteiger partial charge >= 0.3 is 5.97 Å². The molecule has 0 bridgehead atoms. The largest absolute Gasteiger partial charge is 0.493 e. The summed E-state index contributed by atoms with van der Waals surface area (Å²) in [4.78, 5) is 12.3. The summed E-state index contributed by atoms with van der Waals surface area (Å²) in [6.07, 6.45) is 0.170. The Morgan fingerprint density at radius 1 is 1.19 bits per heavy atom. The number of methoxy groups -OCH3 is 1. The molecule has 1 aromatic heterocycles. The molecule has 0 fully saturated rings. The van der Waals surface area contributed by atoms with E-state index < -0.39 is 18.8 Å². The number of nitrogens with zero attached hydrogens (tertiary/aromatic N) is 2. The molecular formula is C23H20N2O5S. The Labute approximate surface area is 183 Å². The van der Waals surface area contributed by atoms with Gasteiger partial charge in [0.2, 0.25) is 6.23 Å². The third kappa shape index (κ3) is 3.48. The van der Waals surface area contributed by atoms with Gasteiger partial charge in [-0.3, -0.25) is 0 Å². The number of benzene rings is 2. The van der Waals surface area contributed by atoms with E-state index >= 15 is 0 Å². The summed E-state index contributed by atoms with van der Waals surface area (Å²) in [5.41, 5.74) is 2.74. The van der Waals surface area contributed by atoms with Gasteiger partial charge in [-0.2, -0.15) is 5.10 Å². The highest BCUT2D eigenvalue weighted by molar-refractivity contribution is 7.12. The minimum Gasteiger partial charge on any atom is -0.493 e. The number of fused-ring (bicyclic) bond motifs is 3. The van der Waals surface area contributed by atoms with Crippen LogP contribution in [-0.2, 0) is 4.79 Å². The maximum Gasteiger partial charge on any atom is 0.341 e. The van der Waals surface area contributed by atoms with Gasteiger partial charge in [0.05, 0.1) is 29.3 Å². The van der Waals surface area contributed by atoms with Crippen LogP contribution in [0.1, 0.15) is 34.7 Å². The van der Waals surface area contributed by atoms with Gasteiger partial charge in [0, 0.05) is 12.0 Å². The van der Waals surface area contributed by atoms with Gasteiger partial charge < -0.3 is 19.3 Å². The Morgan fingerprint density at radius 3 is 2.81 bits per heavy atom. The van der Waals surface area contributed by atoms with Crippen molar-refractivity contribution < 1.29 is 24.1 Å². The van der Waals surface area contributed by atoms with Crippen LogP contribution >= 0.6 is 11.3 Å². The van der Waals surface area contributed by atoms with Crippen LogP contribution in [0.25, 0.3) is 0 Å². The van der Waals surface area contributed by atoms with E-state index in [0.29, 0.717) is 17.1 Å². The molecule has 0 amide bonds. The molecule has 8 heteroatoms. The molecule has 0 spiro atoms. The monoisotopic (exact) mass is 436 g/mol. The van der Waals surface area contributed by atoms with Crippen LogP contribution in [-0.4, -0.2) is 35.5 Å². The summed E-state index contributed by atoms with van der Waals surface area (Å²) in [5.74, 6) is 0.502. The number of hydrazone groups is 1. The molecule has 0 radical (unpaired) electrons. The summed E-state index contributed by atoms with van der Waals surface area (Å²) in [7, 11) is 1.52. The zero-order valence-corrected chi connectivity index (χ0v) is 17.5. The molecule has 3 aromatic rings. The van der Waals surface area contributed by atoms with Gasteiger partial charge in [0.1, 0.15) is 5.75 Å². The minimum atomic E-state index is -1.07. The average molecular weight is 436 g/mol. The quantitative estimate of drug-likeness (QED) is 0.614. The SMILES string of the molecule is COc1cccc([C@H]2Oc3ccccc3[C@H]3CC(c4cccs4)=NN32)c1OCC(=O)O. The number of ether oxygens (including phenoxy) is 3. The van der Waals surface area contributed by atoms with E-state index in [1.165, 1.54) is 7.11 Å². The average Bonchev–Trinajstić information content (AvgIpc) is 3.47. The van der Waals surface area contributed by atoms with Gasteiger partial charge in [-0.15, -0.1) is 11.3 Å². The molecule has 1 N–H and O–H groups in total. The fraction of sp³-hybridized carbons (Fsp3) is 0.217. The van der Waals surface area contributed by atoms with Crippen molar-refractivity contribution in [2.45, 2.75) is 18.7 Å². The van der Waals surface area contributed by atoms with Crippen molar-refractivity contribution in [3.05, 3.63) is 76.0 Å². The van der Waals surface area contributed by atoms with Gasteiger partial charge in [-0.25, -0.2) is 9.80 Å². The second-order valence-corrected chi connectivity index (χ2v) is 8.14. The molecule has 0 saturated heterocycles. The van der Waals surface area contributed by atoms with Crippen LogP contribution in [0.15, 0.2) is 65.1 Å². The number of carbonyl (C=O) groups is 1. The predicted octanol–water partition coefficient (Wildman–Crippen LogP) is 4.46. The Bertz CT molecular complexity index is 1140. The fourth-order valence-electron chi connectivity index (χ4n) is 4.01. The number of aliphatic carboxylic acids is 1. The second kappa shape index (κ2) is 7.96. The summed E-state index contributed by atoms with van der Waals surface area (Å²) in [6.45, 7) is -0.482. The first-order chi connectivity index (χ1) is 15.2. The smallest absolute Gasteiger partial charge is 0.341 e. The summed E-state index contributed by atoms with van der Waals surface area (Å²) < 4.78 is 17.5. The summed E-state index contributed by atoms with van der Waals surface area (Å²) >= 11 is 1.66. The highest BCUT2D eigenvalue weighted by Crippen LogP contribution is 2.50. The lowest BCUT2D eigenvalue weighted by atomic mass is 9.97. The molecule has 2 aliphatic heterocycles.